The van der Waals surface area contributed by atoms with Gasteiger partial charge in [0.05, 0.1) is 5.02 Å². The fourth-order valence-corrected chi connectivity index (χ4v) is 3.01. The van der Waals surface area contributed by atoms with Gasteiger partial charge in [-0.15, -0.1) is 0 Å². The number of carbonyl (C=O) groups is 1. The number of aromatic nitrogens is 1. The fraction of sp³-hybridized carbons (Fsp3) is 0.333. The predicted octanol–water partition coefficient (Wildman–Crippen LogP) is 3.27. The first-order chi connectivity index (χ1) is 12.1. The van der Waals surface area contributed by atoms with Crippen LogP contribution in [0.25, 0.3) is 0 Å². The lowest BCUT2D eigenvalue weighted by Gasteiger charge is -2.35. The molecule has 0 atom stereocenters. The van der Waals surface area contributed by atoms with E-state index in [1.807, 2.05) is 6.07 Å². The highest BCUT2D eigenvalue weighted by atomic mass is 35.5. The minimum Gasteiger partial charge on any atom is -0.369 e. The van der Waals surface area contributed by atoms with Crippen molar-refractivity contribution in [2.24, 2.45) is 0 Å². The van der Waals surface area contributed by atoms with Gasteiger partial charge in [0.1, 0.15) is 11.5 Å². The average Bonchev–Trinajstić information content (AvgIpc) is 2.65. The van der Waals surface area contributed by atoms with Crippen molar-refractivity contribution in [3.8, 4) is 0 Å². The van der Waals surface area contributed by atoms with Gasteiger partial charge < -0.3 is 15.1 Å². The van der Waals surface area contributed by atoms with Gasteiger partial charge in [-0.1, -0.05) is 18.5 Å². The van der Waals surface area contributed by atoms with Crippen molar-refractivity contribution in [1.29, 1.82) is 0 Å². The Kier molecular flexibility index (Phi) is 5.50. The Morgan fingerprint density at radius 3 is 2.68 bits per heavy atom. The Morgan fingerprint density at radius 1 is 1.24 bits per heavy atom. The number of likely N-dealkylation sites (N-methyl/N-ethyl adjacent to an activating group) is 1. The zero-order chi connectivity index (χ0) is 17.8. The SMILES string of the molecule is CCN1CCN(c2ccnc(C(=O)Nc3ccc(F)c(Cl)c3)c2)CC1. The Morgan fingerprint density at radius 2 is 2.00 bits per heavy atom. The quantitative estimate of drug-likeness (QED) is 0.906. The highest BCUT2D eigenvalue weighted by Crippen LogP contribution is 2.21. The summed E-state index contributed by atoms with van der Waals surface area (Å²) in [6.45, 7) is 7.08. The molecule has 0 unspecified atom stereocenters. The van der Waals surface area contributed by atoms with E-state index in [9.17, 15) is 9.18 Å². The first-order valence-corrected chi connectivity index (χ1v) is 8.64. The summed E-state index contributed by atoms with van der Waals surface area (Å²) in [5.41, 5.74) is 1.73. The topological polar surface area (TPSA) is 48.5 Å². The van der Waals surface area contributed by atoms with E-state index in [1.54, 1.807) is 12.3 Å². The van der Waals surface area contributed by atoms with E-state index in [-0.39, 0.29) is 10.9 Å². The second-order valence-electron chi connectivity index (χ2n) is 5.90. The van der Waals surface area contributed by atoms with E-state index in [0.29, 0.717) is 11.4 Å². The Balaban J connectivity index is 1.70. The number of piperazine rings is 1. The molecule has 1 aliphatic rings. The van der Waals surface area contributed by atoms with Gasteiger partial charge in [0.15, 0.2) is 0 Å². The molecular weight excluding hydrogens is 343 g/mol. The first kappa shape index (κ1) is 17.6. The maximum Gasteiger partial charge on any atom is 0.274 e. The van der Waals surface area contributed by atoms with Crippen molar-refractivity contribution >= 4 is 28.9 Å². The molecule has 132 valence electrons. The average molecular weight is 363 g/mol. The molecule has 1 aromatic heterocycles. The van der Waals surface area contributed by atoms with Gasteiger partial charge in [-0.2, -0.15) is 0 Å². The van der Waals surface area contributed by atoms with Crippen LogP contribution in [0, 0.1) is 5.82 Å². The molecule has 1 aliphatic heterocycles. The summed E-state index contributed by atoms with van der Waals surface area (Å²) in [4.78, 5) is 21.2. The summed E-state index contributed by atoms with van der Waals surface area (Å²) < 4.78 is 13.2. The summed E-state index contributed by atoms with van der Waals surface area (Å²) >= 11 is 5.74. The van der Waals surface area contributed by atoms with Crippen molar-refractivity contribution in [2.45, 2.75) is 6.92 Å². The predicted molar refractivity (Wildman–Crippen MR) is 97.9 cm³/mol. The maximum absolute atomic E-state index is 13.2. The van der Waals surface area contributed by atoms with Gasteiger partial charge in [-0.3, -0.25) is 9.78 Å². The number of benzene rings is 1. The molecule has 0 spiro atoms. The number of rotatable bonds is 4. The second kappa shape index (κ2) is 7.80. The van der Waals surface area contributed by atoms with Crippen LogP contribution in [-0.2, 0) is 0 Å². The van der Waals surface area contributed by atoms with E-state index in [2.05, 4.69) is 27.0 Å². The van der Waals surface area contributed by atoms with Gasteiger partial charge >= 0.3 is 0 Å². The van der Waals surface area contributed by atoms with Crippen LogP contribution in [-0.4, -0.2) is 48.5 Å². The lowest BCUT2D eigenvalue weighted by atomic mass is 10.2. The zero-order valence-electron chi connectivity index (χ0n) is 14.0. The standard InChI is InChI=1S/C18H20ClFN4O/c1-2-23-7-9-24(10-8-23)14-5-6-21-17(12-14)18(25)22-13-3-4-16(20)15(19)11-13/h3-6,11-12H,2,7-10H2,1H3,(H,22,25). The van der Waals surface area contributed by atoms with Crippen molar-refractivity contribution in [3.63, 3.8) is 0 Å². The maximum atomic E-state index is 13.2. The Labute approximate surface area is 151 Å². The van der Waals surface area contributed by atoms with E-state index < -0.39 is 5.82 Å². The van der Waals surface area contributed by atoms with Crippen molar-refractivity contribution in [2.75, 3.05) is 42.9 Å². The third-order valence-electron chi connectivity index (χ3n) is 4.34. The largest absolute Gasteiger partial charge is 0.369 e. The molecule has 2 heterocycles. The summed E-state index contributed by atoms with van der Waals surface area (Å²) in [7, 11) is 0. The highest BCUT2D eigenvalue weighted by Gasteiger charge is 2.17. The van der Waals surface area contributed by atoms with Crippen LogP contribution in [0.4, 0.5) is 15.8 Å². The highest BCUT2D eigenvalue weighted by molar-refractivity contribution is 6.31. The van der Waals surface area contributed by atoms with E-state index in [0.717, 1.165) is 38.4 Å². The third-order valence-corrected chi connectivity index (χ3v) is 4.63. The molecule has 0 bridgehead atoms. The molecule has 5 nitrogen and oxygen atoms in total. The molecule has 3 rings (SSSR count). The summed E-state index contributed by atoms with van der Waals surface area (Å²) in [5, 5.41) is 2.66. The molecular formula is C18H20ClFN4O. The van der Waals surface area contributed by atoms with Gasteiger partial charge in [-0.25, -0.2) is 4.39 Å². The minimum absolute atomic E-state index is 0.0340. The number of halogens is 2. The number of anilines is 2. The molecule has 1 aromatic carbocycles. The lowest BCUT2D eigenvalue weighted by Crippen LogP contribution is -2.46. The number of amides is 1. The van der Waals surface area contributed by atoms with Crippen LogP contribution in [0.5, 0.6) is 0 Å². The molecule has 7 heteroatoms. The Bertz CT molecular complexity index is 762. The Hall–Kier alpha value is -2.18. The van der Waals surface area contributed by atoms with Crippen LogP contribution in [0.2, 0.25) is 5.02 Å². The van der Waals surface area contributed by atoms with Gasteiger partial charge in [0.2, 0.25) is 0 Å². The van der Waals surface area contributed by atoms with E-state index in [1.165, 1.54) is 18.2 Å². The molecule has 0 aliphatic carbocycles. The normalized spacial score (nSPS) is 15.2. The van der Waals surface area contributed by atoms with Crippen LogP contribution >= 0.6 is 11.6 Å². The molecule has 2 aromatic rings. The van der Waals surface area contributed by atoms with Crippen molar-refractivity contribution in [3.05, 3.63) is 53.1 Å². The van der Waals surface area contributed by atoms with Crippen molar-refractivity contribution < 1.29 is 9.18 Å². The molecule has 1 saturated heterocycles. The molecule has 25 heavy (non-hydrogen) atoms. The van der Waals surface area contributed by atoms with Gasteiger partial charge in [0.25, 0.3) is 5.91 Å². The zero-order valence-corrected chi connectivity index (χ0v) is 14.8. The molecule has 1 amide bonds. The fourth-order valence-electron chi connectivity index (χ4n) is 2.83. The van der Waals surface area contributed by atoms with Crippen molar-refractivity contribution in [1.82, 2.24) is 9.88 Å². The minimum atomic E-state index is -0.522. The molecule has 0 saturated carbocycles. The number of pyridine rings is 1. The number of hydrogen-bond acceptors (Lipinski definition) is 4. The van der Waals surface area contributed by atoms with Crippen LogP contribution in [0.3, 0.4) is 0 Å². The van der Waals surface area contributed by atoms with Crippen LogP contribution in [0.1, 0.15) is 17.4 Å². The number of carbonyl (C=O) groups excluding carboxylic acids is 1. The smallest absolute Gasteiger partial charge is 0.274 e. The molecule has 1 fully saturated rings. The number of nitrogens with zero attached hydrogens (tertiary/aromatic N) is 3. The van der Waals surface area contributed by atoms with Crippen LogP contribution < -0.4 is 10.2 Å². The van der Waals surface area contributed by atoms with E-state index >= 15 is 0 Å². The summed E-state index contributed by atoms with van der Waals surface area (Å²) in [5.74, 6) is -0.872. The number of hydrogen-bond donors (Lipinski definition) is 1. The van der Waals surface area contributed by atoms with Gasteiger partial charge in [0, 0.05) is 43.8 Å². The number of nitrogens with one attached hydrogen (secondary N) is 1. The van der Waals surface area contributed by atoms with Gasteiger partial charge in [-0.05, 0) is 36.9 Å². The van der Waals surface area contributed by atoms with E-state index in [4.69, 9.17) is 11.6 Å². The lowest BCUT2D eigenvalue weighted by molar-refractivity contribution is 0.102. The molecule has 0 radical (unpaired) electrons. The van der Waals surface area contributed by atoms with Crippen LogP contribution in [0.15, 0.2) is 36.5 Å². The summed E-state index contributed by atoms with van der Waals surface area (Å²) in [6, 6.07) is 7.75. The first-order valence-electron chi connectivity index (χ1n) is 8.26. The summed E-state index contributed by atoms with van der Waals surface area (Å²) in [6.07, 6.45) is 1.63. The monoisotopic (exact) mass is 362 g/mol. The third kappa shape index (κ3) is 4.27. The molecule has 1 N–H and O–H groups in total. The second-order valence-corrected chi connectivity index (χ2v) is 6.31.